The lowest BCUT2D eigenvalue weighted by molar-refractivity contribution is -0.124. The molecule has 3 rings (SSSR count). The molecule has 27 heavy (non-hydrogen) atoms. The van der Waals surface area contributed by atoms with Crippen LogP contribution in [0.4, 0.5) is 5.69 Å². The molecule has 0 aliphatic carbocycles. The summed E-state index contributed by atoms with van der Waals surface area (Å²) in [6.07, 6.45) is 2.86. The van der Waals surface area contributed by atoms with Crippen LogP contribution in [0.1, 0.15) is 28.8 Å². The van der Waals surface area contributed by atoms with Gasteiger partial charge < -0.3 is 15.4 Å². The van der Waals surface area contributed by atoms with Crippen molar-refractivity contribution < 1.29 is 18.5 Å². The van der Waals surface area contributed by atoms with Crippen molar-refractivity contribution in [3.63, 3.8) is 0 Å². The number of hydrogen-bond acceptors (Lipinski definition) is 4. The Morgan fingerprint density at radius 1 is 1.19 bits per heavy atom. The minimum Gasteiger partial charge on any atom is -0.368 e. The summed E-state index contributed by atoms with van der Waals surface area (Å²) in [6, 6.07) is 14.0. The molecule has 0 aromatic heterocycles. The predicted molar refractivity (Wildman–Crippen MR) is 104 cm³/mol. The SMILES string of the molecule is CS(=O)c1ccc(C(=O)NCc2cccc(NC(=O)C3CCCO3)c2)cc1. The van der Waals surface area contributed by atoms with Gasteiger partial charge in [-0.3, -0.25) is 13.8 Å². The third-order valence-electron chi connectivity index (χ3n) is 4.32. The molecule has 2 N–H and O–H groups in total. The number of rotatable bonds is 6. The highest BCUT2D eigenvalue weighted by Crippen LogP contribution is 2.16. The Balaban J connectivity index is 1.56. The lowest BCUT2D eigenvalue weighted by atomic mass is 10.1. The van der Waals surface area contributed by atoms with Crippen LogP contribution in [0.2, 0.25) is 0 Å². The fourth-order valence-corrected chi connectivity index (χ4v) is 3.37. The van der Waals surface area contributed by atoms with Gasteiger partial charge in [-0.15, -0.1) is 0 Å². The van der Waals surface area contributed by atoms with Gasteiger partial charge in [0.2, 0.25) is 0 Å². The molecule has 7 heteroatoms. The normalized spacial score (nSPS) is 17.3. The Morgan fingerprint density at radius 3 is 2.63 bits per heavy atom. The Bertz CT molecular complexity index is 845. The molecule has 0 saturated carbocycles. The maximum Gasteiger partial charge on any atom is 0.253 e. The Hall–Kier alpha value is -2.51. The number of anilines is 1. The summed E-state index contributed by atoms with van der Waals surface area (Å²) in [5.41, 5.74) is 2.06. The molecule has 2 aromatic carbocycles. The Labute approximate surface area is 160 Å². The van der Waals surface area contributed by atoms with Gasteiger partial charge >= 0.3 is 0 Å². The average molecular weight is 386 g/mol. The van der Waals surface area contributed by atoms with Crippen LogP contribution in [0, 0.1) is 0 Å². The number of amides is 2. The molecular formula is C20H22N2O4S. The lowest BCUT2D eigenvalue weighted by Gasteiger charge is -2.12. The zero-order valence-corrected chi connectivity index (χ0v) is 15.9. The van der Waals surface area contributed by atoms with Crippen molar-refractivity contribution in [1.82, 2.24) is 5.32 Å². The van der Waals surface area contributed by atoms with E-state index in [9.17, 15) is 13.8 Å². The fourth-order valence-electron chi connectivity index (χ4n) is 2.85. The maximum atomic E-state index is 12.3. The first-order valence-corrected chi connectivity index (χ1v) is 10.3. The molecule has 0 spiro atoms. The van der Waals surface area contributed by atoms with E-state index in [1.54, 1.807) is 30.5 Å². The topological polar surface area (TPSA) is 84.5 Å². The molecule has 0 bridgehead atoms. The second-order valence-corrected chi connectivity index (χ2v) is 7.73. The van der Waals surface area contributed by atoms with Crippen molar-refractivity contribution in [2.75, 3.05) is 18.2 Å². The summed E-state index contributed by atoms with van der Waals surface area (Å²) in [7, 11) is -1.07. The summed E-state index contributed by atoms with van der Waals surface area (Å²) < 4.78 is 16.8. The molecule has 1 saturated heterocycles. The number of nitrogens with one attached hydrogen (secondary N) is 2. The van der Waals surface area contributed by atoms with Gasteiger partial charge in [0.1, 0.15) is 6.10 Å². The van der Waals surface area contributed by atoms with Crippen LogP contribution in [-0.2, 0) is 26.9 Å². The standard InChI is InChI=1S/C20H22N2O4S/c1-27(25)17-9-7-15(8-10-17)19(23)21-13-14-4-2-5-16(12-14)22-20(24)18-6-3-11-26-18/h2,4-5,7-10,12,18H,3,6,11,13H2,1H3,(H,21,23)(H,22,24). The first-order chi connectivity index (χ1) is 13.0. The first-order valence-electron chi connectivity index (χ1n) is 8.76. The molecule has 1 aliphatic heterocycles. The highest BCUT2D eigenvalue weighted by atomic mass is 32.2. The largest absolute Gasteiger partial charge is 0.368 e. The number of ether oxygens (including phenoxy) is 1. The van der Waals surface area contributed by atoms with E-state index in [-0.39, 0.29) is 17.9 Å². The van der Waals surface area contributed by atoms with Crippen LogP contribution >= 0.6 is 0 Å². The Morgan fingerprint density at radius 2 is 1.96 bits per heavy atom. The minimum atomic E-state index is -1.07. The van der Waals surface area contributed by atoms with Crippen molar-refractivity contribution in [3.8, 4) is 0 Å². The maximum absolute atomic E-state index is 12.3. The fraction of sp³-hybridized carbons (Fsp3) is 0.300. The molecule has 1 heterocycles. The summed E-state index contributed by atoms with van der Waals surface area (Å²) in [4.78, 5) is 25.1. The molecule has 2 amide bonds. The lowest BCUT2D eigenvalue weighted by Crippen LogP contribution is -2.27. The van der Waals surface area contributed by atoms with Crippen molar-refractivity contribution in [2.45, 2.75) is 30.4 Å². The van der Waals surface area contributed by atoms with E-state index in [2.05, 4.69) is 10.6 Å². The van der Waals surface area contributed by atoms with Crippen LogP contribution < -0.4 is 10.6 Å². The van der Waals surface area contributed by atoms with Gasteiger partial charge in [-0.05, 0) is 54.8 Å². The monoisotopic (exact) mass is 386 g/mol. The minimum absolute atomic E-state index is 0.137. The van der Waals surface area contributed by atoms with E-state index in [0.717, 1.165) is 18.4 Å². The molecule has 1 fully saturated rings. The van der Waals surface area contributed by atoms with E-state index < -0.39 is 10.8 Å². The summed E-state index contributed by atoms with van der Waals surface area (Å²) in [5, 5.41) is 5.70. The zero-order valence-electron chi connectivity index (χ0n) is 15.1. The van der Waals surface area contributed by atoms with Crippen LogP contribution in [0.25, 0.3) is 0 Å². The van der Waals surface area contributed by atoms with Crippen LogP contribution in [0.5, 0.6) is 0 Å². The summed E-state index contributed by atoms with van der Waals surface area (Å²) >= 11 is 0. The smallest absolute Gasteiger partial charge is 0.253 e. The molecule has 0 radical (unpaired) electrons. The molecule has 2 atom stereocenters. The summed E-state index contributed by atoms with van der Waals surface area (Å²) in [5.74, 6) is -0.348. The third kappa shape index (κ3) is 5.24. The van der Waals surface area contributed by atoms with Gasteiger partial charge in [0.15, 0.2) is 0 Å². The molecule has 2 aromatic rings. The Kier molecular flexibility index (Phi) is 6.36. The average Bonchev–Trinajstić information content (AvgIpc) is 3.21. The van der Waals surface area contributed by atoms with Gasteiger partial charge in [-0.2, -0.15) is 0 Å². The number of carbonyl (C=O) groups excluding carboxylic acids is 2. The molecular weight excluding hydrogens is 364 g/mol. The molecule has 2 unspecified atom stereocenters. The third-order valence-corrected chi connectivity index (χ3v) is 5.25. The van der Waals surface area contributed by atoms with Crippen LogP contribution in [0.3, 0.4) is 0 Å². The summed E-state index contributed by atoms with van der Waals surface area (Å²) in [6.45, 7) is 0.962. The van der Waals surface area contributed by atoms with Crippen LogP contribution in [-0.4, -0.2) is 35.0 Å². The van der Waals surface area contributed by atoms with Crippen molar-refractivity contribution in [2.24, 2.45) is 0 Å². The van der Waals surface area contributed by atoms with E-state index in [0.29, 0.717) is 29.3 Å². The van der Waals surface area contributed by atoms with E-state index in [1.807, 2.05) is 24.3 Å². The number of benzene rings is 2. The van der Waals surface area contributed by atoms with Gasteiger partial charge in [-0.1, -0.05) is 12.1 Å². The second kappa shape index (κ2) is 8.92. The quantitative estimate of drug-likeness (QED) is 0.799. The first kappa shape index (κ1) is 19.3. The van der Waals surface area contributed by atoms with E-state index >= 15 is 0 Å². The van der Waals surface area contributed by atoms with Gasteiger partial charge in [0.25, 0.3) is 11.8 Å². The van der Waals surface area contributed by atoms with Gasteiger partial charge in [0.05, 0.1) is 0 Å². The van der Waals surface area contributed by atoms with Gasteiger partial charge in [0, 0.05) is 46.4 Å². The molecule has 6 nitrogen and oxygen atoms in total. The highest BCUT2D eigenvalue weighted by Gasteiger charge is 2.23. The van der Waals surface area contributed by atoms with Crippen molar-refractivity contribution in [3.05, 3.63) is 59.7 Å². The zero-order chi connectivity index (χ0) is 19.2. The molecule has 1 aliphatic rings. The predicted octanol–water partition coefficient (Wildman–Crippen LogP) is 2.47. The number of hydrogen-bond donors (Lipinski definition) is 2. The number of carbonyl (C=O) groups is 2. The van der Waals surface area contributed by atoms with Crippen LogP contribution in [0.15, 0.2) is 53.4 Å². The van der Waals surface area contributed by atoms with E-state index in [1.165, 1.54) is 0 Å². The molecule has 142 valence electrons. The van der Waals surface area contributed by atoms with Crippen molar-refractivity contribution >= 4 is 28.3 Å². The van der Waals surface area contributed by atoms with Crippen molar-refractivity contribution in [1.29, 1.82) is 0 Å². The highest BCUT2D eigenvalue weighted by molar-refractivity contribution is 7.84. The van der Waals surface area contributed by atoms with Gasteiger partial charge in [-0.25, -0.2) is 0 Å². The van der Waals surface area contributed by atoms with E-state index in [4.69, 9.17) is 4.74 Å². The second-order valence-electron chi connectivity index (χ2n) is 6.35.